The van der Waals surface area contributed by atoms with Crippen LogP contribution in [0, 0.1) is 0 Å². The molecule has 2 atom stereocenters. The van der Waals surface area contributed by atoms with Gasteiger partial charge in [-0.2, -0.15) is 0 Å². The summed E-state index contributed by atoms with van der Waals surface area (Å²) in [5.41, 5.74) is 3.82. The highest BCUT2D eigenvalue weighted by Gasteiger charge is 2.41. The summed E-state index contributed by atoms with van der Waals surface area (Å²) in [6, 6.07) is 19.5. The van der Waals surface area contributed by atoms with Crippen LogP contribution in [0.25, 0.3) is 0 Å². The lowest BCUT2D eigenvalue weighted by Crippen LogP contribution is -2.50. The number of nitrogens with zero attached hydrogens (tertiary/aromatic N) is 3. The Kier molecular flexibility index (Phi) is 7.57. The normalized spacial score (nSPS) is 21.9. The third-order valence-corrected chi connectivity index (χ3v) is 6.17. The molecule has 6 heteroatoms. The van der Waals surface area contributed by atoms with Crippen molar-refractivity contribution in [1.29, 1.82) is 0 Å². The minimum Gasteiger partial charge on any atom is -0.377 e. The zero-order valence-corrected chi connectivity index (χ0v) is 18.7. The van der Waals surface area contributed by atoms with Gasteiger partial charge in [0.1, 0.15) is 0 Å². The average molecular weight is 423 g/mol. The molecule has 2 saturated heterocycles. The van der Waals surface area contributed by atoms with Gasteiger partial charge in [-0.25, -0.2) is 0 Å². The molecule has 0 spiro atoms. The predicted molar refractivity (Wildman–Crippen MR) is 124 cm³/mol. The Labute approximate surface area is 185 Å². The van der Waals surface area contributed by atoms with E-state index in [-0.39, 0.29) is 6.10 Å². The molecule has 166 valence electrons. The lowest BCUT2D eigenvalue weighted by Gasteiger charge is -2.36. The second-order valence-electron chi connectivity index (χ2n) is 8.14. The molecule has 1 N–H and O–H groups in total. The Balaban J connectivity index is 1.38. The molecule has 2 aliphatic heterocycles. The molecule has 2 aliphatic rings. The van der Waals surface area contributed by atoms with E-state index in [2.05, 4.69) is 74.7 Å². The van der Waals surface area contributed by atoms with Gasteiger partial charge in [0, 0.05) is 46.4 Å². The second-order valence-corrected chi connectivity index (χ2v) is 8.14. The number of aliphatic imine (C=N–C) groups is 1. The second kappa shape index (κ2) is 10.8. The van der Waals surface area contributed by atoms with Gasteiger partial charge in [0.15, 0.2) is 5.96 Å². The summed E-state index contributed by atoms with van der Waals surface area (Å²) in [6.45, 7) is 8.65. The van der Waals surface area contributed by atoms with Gasteiger partial charge >= 0.3 is 0 Å². The van der Waals surface area contributed by atoms with Gasteiger partial charge in [0.25, 0.3) is 0 Å². The fraction of sp³-hybridized carbons (Fsp3) is 0.480. The Bertz CT molecular complexity index is 858. The molecule has 0 radical (unpaired) electrons. The van der Waals surface area contributed by atoms with E-state index < -0.39 is 0 Å². The highest BCUT2D eigenvalue weighted by molar-refractivity contribution is 5.80. The zero-order chi connectivity index (χ0) is 21.5. The van der Waals surface area contributed by atoms with Crippen molar-refractivity contribution in [3.05, 3.63) is 71.3 Å². The number of hydrogen-bond donors (Lipinski definition) is 1. The molecule has 0 saturated carbocycles. The van der Waals surface area contributed by atoms with E-state index in [0.29, 0.717) is 12.6 Å². The maximum absolute atomic E-state index is 6.14. The maximum Gasteiger partial charge on any atom is 0.194 e. The van der Waals surface area contributed by atoms with Crippen molar-refractivity contribution in [3.63, 3.8) is 0 Å². The molecule has 2 fully saturated rings. The Morgan fingerprint density at radius 2 is 1.87 bits per heavy atom. The standard InChI is InChI=1S/C25H34N4O2/c1-3-30-19-22-12-8-7-11-21(22)15-27-25(26-2)29-17-23-24(18-29)31-14-13-28(23)16-20-9-5-4-6-10-20/h4-12,23-24H,3,13-19H2,1-2H3,(H,26,27). The molecular weight excluding hydrogens is 388 g/mol. The fourth-order valence-corrected chi connectivity index (χ4v) is 4.53. The van der Waals surface area contributed by atoms with Crippen LogP contribution in [0.4, 0.5) is 0 Å². The minimum atomic E-state index is 0.223. The van der Waals surface area contributed by atoms with Crippen LogP contribution in [0.3, 0.4) is 0 Å². The van der Waals surface area contributed by atoms with Crippen molar-refractivity contribution in [2.24, 2.45) is 4.99 Å². The number of morpholine rings is 1. The predicted octanol–water partition coefficient (Wildman–Crippen LogP) is 2.88. The summed E-state index contributed by atoms with van der Waals surface area (Å²) in [5.74, 6) is 0.934. The molecule has 2 aromatic carbocycles. The molecule has 2 heterocycles. The third-order valence-electron chi connectivity index (χ3n) is 6.17. The summed E-state index contributed by atoms with van der Waals surface area (Å²) in [4.78, 5) is 9.47. The van der Waals surface area contributed by atoms with Crippen molar-refractivity contribution in [3.8, 4) is 0 Å². The monoisotopic (exact) mass is 422 g/mol. The summed E-state index contributed by atoms with van der Waals surface area (Å²) in [7, 11) is 1.86. The quantitative estimate of drug-likeness (QED) is 0.549. The van der Waals surface area contributed by atoms with Crippen LogP contribution in [0.1, 0.15) is 23.6 Å². The molecule has 2 unspecified atom stereocenters. The van der Waals surface area contributed by atoms with E-state index in [9.17, 15) is 0 Å². The number of fused-ring (bicyclic) bond motifs is 1. The summed E-state index contributed by atoms with van der Waals surface area (Å²) >= 11 is 0. The summed E-state index contributed by atoms with van der Waals surface area (Å²) in [6.07, 6.45) is 0.223. The molecular formula is C25H34N4O2. The van der Waals surface area contributed by atoms with Crippen LogP contribution in [0.15, 0.2) is 59.6 Å². The van der Waals surface area contributed by atoms with Crippen LogP contribution in [-0.4, -0.2) is 67.8 Å². The summed E-state index contributed by atoms with van der Waals surface area (Å²) < 4.78 is 11.8. The van der Waals surface area contributed by atoms with Gasteiger partial charge in [0.2, 0.25) is 0 Å². The first-order valence-electron chi connectivity index (χ1n) is 11.3. The topological polar surface area (TPSA) is 49.3 Å². The van der Waals surface area contributed by atoms with Crippen LogP contribution in [-0.2, 0) is 29.2 Å². The van der Waals surface area contributed by atoms with Gasteiger partial charge in [-0.3, -0.25) is 9.89 Å². The average Bonchev–Trinajstić information content (AvgIpc) is 3.25. The van der Waals surface area contributed by atoms with Gasteiger partial charge < -0.3 is 19.7 Å². The van der Waals surface area contributed by atoms with Crippen LogP contribution < -0.4 is 5.32 Å². The SMILES string of the molecule is CCOCc1ccccc1CNC(=NC)N1CC2OCCN(Cc3ccccc3)C2C1. The smallest absolute Gasteiger partial charge is 0.194 e. The number of nitrogens with one attached hydrogen (secondary N) is 1. The van der Waals surface area contributed by atoms with E-state index in [0.717, 1.165) is 51.9 Å². The number of likely N-dealkylation sites (tertiary alicyclic amines) is 1. The number of hydrogen-bond acceptors (Lipinski definition) is 4. The molecule has 0 amide bonds. The Morgan fingerprint density at radius 1 is 1.10 bits per heavy atom. The maximum atomic E-state index is 6.14. The van der Waals surface area contributed by atoms with Crippen molar-refractivity contribution in [2.75, 3.05) is 39.9 Å². The third kappa shape index (κ3) is 5.45. The molecule has 2 aromatic rings. The van der Waals surface area contributed by atoms with Gasteiger partial charge in [0.05, 0.1) is 25.4 Å². The van der Waals surface area contributed by atoms with Crippen LogP contribution in [0.2, 0.25) is 0 Å². The number of guanidine groups is 1. The van der Waals surface area contributed by atoms with E-state index >= 15 is 0 Å². The van der Waals surface area contributed by atoms with Crippen molar-refractivity contribution >= 4 is 5.96 Å². The highest BCUT2D eigenvalue weighted by Crippen LogP contribution is 2.25. The van der Waals surface area contributed by atoms with Gasteiger partial charge in [-0.15, -0.1) is 0 Å². The fourth-order valence-electron chi connectivity index (χ4n) is 4.53. The molecule has 4 rings (SSSR count). The Morgan fingerprint density at radius 3 is 2.65 bits per heavy atom. The number of benzene rings is 2. The molecule has 6 nitrogen and oxygen atoms in total. The highest BCUT2D eigenvalue weighted by atomic mass is 16.5. The number of rotatable bonds is 7. The zero-order valence-electron chi connectivity index (χ0n) is 18.7. The largest absolute Gasteiger partial charge is 0.377 e. The first-order valence-corrected chi connectivity index (χ1v) is 11.3. The lowest BCUT2D eigenvalue weighted by molar-refractivity contribution is -0.0502. The van der Waals surface area contributed by atoms with E-state index in [1.54, 1.807) is 0 Å². The Hall–Kier alpha value is -2.41. The first kappa shape index (κ1) is 21.8. The molecule has 0 aliphatic carbocycles. The van der Waals surface area contributed by atoms with Crippen LogP contribution >= 0.6 is 0 Å². The van der Waals surface area contributed by atoms with Crippen LogP contribution in [0.5, 0.6) is 0 Å². The molecule has 31 heavy (non-hydrogen) atoms. The van der Waals surface area contributed by atoms with Crippen molar-refractivity contribution in [1.82, 2.24) is 15.1 Å². The van der Waals surface area contributed by atoms with Crippen molar-refractivity contribution in [2.45, 2.75) is 38.8 Å². The summed E-state index contributed by atoms with van der Waals surface area (Å²) in [5, 5.41) is 3.57. The van der Waals surface area contributed by atoms with Crippen molar-refractivity contribution < 1.29 is 9.47 Å². The minimum absolute atomic E-state index is 0.223. The van der Waals surface area contributed by atoms with Gasteiger partial charge in [-0.1, -0.05) is 54.6 Å². The van der Waals surface area contributed by atoms with E-state index in [4.69, 9.17) is 9.47 Å². The lowest BCUT2D eigenvalue weighted by atomic mass is 10.1. The van der Waals surface area contributed by atoms with E-state index in [1.807, 2.05) is 14.0 Å². The number of ether oxygens (including phenoxy) is 2. The van der Waals surface area contributed by atoms with Gasteiger partial charge in [-0.05, 0) is 23.6 Å². The molecule has 0 aromatic heterocycles. The first-order chi connectivity index (χ1) is 15.3. The molecule has 0 bridgehead atoms. The van der Waals surface area contributed by atoms with E-state index in [1.165, 1.54) is 16.7 Å².